The van der Waals surface area contributed by atoms with Crippen LogP contribution < -0.4 is 10.6 Å². The molecule has 94 valence electrons. The molecule has 17 heavy (non-hydrogen) atoms. The maximum absolute atomic E-state index is 8.67. The monoisotopic (exact) mass is 235 g/mol. The van der Waals surface area contributed by atoms with E-state index in [0.717, 1.165) is 24.1 Å². The number of benzene rings is 1. The van der Waals surface area contributed by atoms with Crippen LogP contribution in [0.1, 0.15) is 32.3 Å². The van der Waals surface area contributed by atoms with Crippen LogP contribution in [-0.4, -0.2) is 24.1 Å². The highest BCUT2D eigenvalue weighted by Gasteiger charge is 2.11. The lowest BCUT2D eigenvalue weighted by molar-refractivity contribution is 0.318. The first-order valence-electron chi connectivity index (χ1n) is 5.94. The van der Waals surface area contributed by atoms with E-state index < -0.39 is 0 Å². The summed E-state index contributed by atoms with van der Waals surface area (Å²) >= 11 is 0. The van der Waals surface area contributed by atoms with E-state index in [0.29, 0.717) is 6.04 Å². The first kappa shape index (κ1) is 13.4. The molecule has 0 aliphatic heterocycles. The molecule has 0 spiro atoms. The maximum Gasteiger partial charge on any atom is 0.170 e. The third kappa shape index (κ3) is 3.12. The normalized spacial score (nSPS) is 11.9. The van der Waals surface area contributed by atoms with E-state index in [1.807, 2.05) is 24.3 Å². The molecule has 4 nitrogen and oxygen atoms in total. The summed E-state index contributed by atoms with van der Waals surface area (Å²) in [5.41, 5.74) is 7.41. The van der Waals surface area contributed by atoms with Gasteiger partial charge in [0.15, 0.2) is 5.84 Å². The quantitative estimate of drug-likeness (QED) is 0.356. The lowest BCUT2D eigenvalue weighted by Gasteiger charge is -2.28. The van der Waals surface area contributed by atoms with Gasteiger partial charge in [0.2, 0.25) is 0 Å². The van der Waals surface area contributed by atoms with E-state index in [9.17, 15) is 0 Å². The molecule has 0 saturated carbocycles. The van der Waals surface area contributed by atoms with Crippen molar-refractivity contribution < 1.29 is 5.21 Å². The minimum atomic E-state index is 0.143. The Morgan fingerprint density at radius 3 is 2.59 bits per heavy atom. The van der Waals surface area contributed by atoms with Crippen molar-refractivity contribution in [2.45, 2.75) is 32.7 Å². The molecule has 0 radical (unpaired) electrons. The first-order chi connectivity index (χ1) is 8.13. The van der Waals surface area contributed by atoms with Gasteiger partial charge in [-0.3, -0.25) is 0 Å². The van der Waals surface area contributed by atoms with Crippen LogP contribution >= 0.6 is 0 Å². The Bertz CT molecular complexity index is 386. The number of rotatable bonds is 5. The molecule has 1 rings (SSSR count). The zero-order valence-corrected chi connectivity index (χ0v) is 10.7. The molecule has 0 heterocycles. The van der Waals surface area contributed by atoms with Crippen LogP contribution in [0.15, 0.2) is 29.4 Å². The van der Waals surface area contributed by atoms with E-state index in [-0.39, 0.29) is 5.84 Å². The SMILES string of the molecule is CCC(CC)N(C)c1cccc(C(N)=NO)c1. The fourth-order valence-corrected chi connectivity index (χ4v) is 1.99. The van der Waals surface area contributed by atoms with E-state index in [1.165, 1.54) is 0 Å². The predicted molar refractivity (Wildman–Crippen MR) is 71.7 cm³/mol. The van der Waals surface area contributed by atoms with Gasteiger partial charge in [-0.2, -0.15) is 0 Å². The lowest BCUT2D eigenvalue weighted by atomic mass is 10.1. The smallest absolute Gasteiger partial charge is 0.170 e. The van der Waals surface area contributed by atoms with Crippen LogP contribution in [0.25, 0.3) is 0 Å². The molecule has 0 saturated heterocycles. The standard InChI is InChI=1S/C13H21N3O/c1-4-11(5-2)16(3)12-8-6-7-10(9-12)13(14)15-17/h6-9,11,17H,4-5H2,1-3H3,(H2,14,15). The van der Waals surface area contributed by atoms with Gasteiger partial charge in [-0.25, -0.2) is 0 Å². The Labute approximate surface area is 103 Å². The number of hydrogen-bond donors (Lipinski definition) is 2. The zero-order chi connectivity index (χ0) is 12.8. The van der Waals surface area contributed by atoms with Crippen LogP contribution in [-0.2, 0) is 0 Å². The fourth-order valence-electron chi connectivity index (χ4n) is 1.99. The first-order valence-corrected chi connectivity index (χ1v) is 5.94. The zero-order valence-electron chi connectivity index (χ0n) is 10.7. The third-order valence-corrected chi connectivity index (χ3v) is 3.15. The predicted octanol–water partition coefficient (Wildman–Crippen LogP) is 2.41. The summed E-state index contributed by atoms with van der Waals surface area (Å²) in [7, 11) is 2.07. The fraction of sp³-hybridized carbons (Fsp3) is 0.462. The molecule has 0 bridgehead atoms. The van der Waals surface area contributed by atoms with Gasteiger partial charge >= 0.3 is 0 Å². The largest absolute Gasteiger partial charge is 0.409 e. The number of nitrogens with two attached hydrogens (primary N) is 1. The summed E-state index contributed by atoms with van der Waals surface area (Å²) in [5, 5.41) is 11.7. The summed E-state index contributed by atoms with van der Waals surface area (Å²) in [4.78, 5) is 2.23. The Balaban J connectivity index is 2.99. The molecule has 0 aliphatic rings. The molecule has 0 amide bonds. The number of amidine groups is 1. The molecular weight excluding hydrogens is 214 g/mol. The minimum Gasteiger partial charge on any atom is -0.409 e. The molecule has 0 unspecified atom stereocenters. The van der Waals surface area contributed by atoms with Crippen LogP contribution in [0, 0.1) is 0 Å². The minimum absolute atomic E-state index is 0.143. The highest BCUT2D eigenvalue weighted by atomic mass is 16.4. The second kappa shape index (κ2) is 6.13. The van der Waals surface area contributed by atoms with Crippen LogP contribution in [0.3, 0.4) is 0 Å². The second-order valence-corrected chi connectivity index (χ2v) is 4.12. The molecule has 0 atom stereocenters. The summed E-state index contributed by atoms with van der Waals surface area (Å²) in [5.74, 6) is 0.143. The summed E-state index contributed by atoms with van der Waals surface area (Å²) < 4.78 is 0. The highest BCUT2D eigenvalue weighted by Crippen LogP contribution is 2.19. The Morgan fingerprint density at radius 2 is 2.06 bits per heavy atom. The number of hydrogen-bond acceptors (Lipinski definition) is 3. The highest BCUT2D eigenvalue weighted by molar-refractivity contribution is 5.97. The third-order valence-electron chi connectivity index (χ3n) is 3.15. The molecule has 0 fully saturated rings. The summed E-state index contributed by atoms with van der Waals surface area (Å²) in [6.07, 6.45) is 2.20. The molecule has 1 aromatic rings. The van der Waals surface area contributed by atoms with E-state index in [4.69, 9.17) is 10.9 Å². The van der Waals surface area contributed by atoms with Gasteiger partial charge in [0.05, 0.1) is 0 Å². The second-order valence-electron chi connectivity index (χ2n) is 4.12. The van der Waals surface area contributed by atoms with Crippen molar-refractivity contribution in [2.75, 3.05) is 11.9 Å². The lowest BCUT2D eigenvalue weighted by Crippen LogP contribution is -2.30. The van der Waals surface area contributed by atoms with Gasteiger partial charge in [0.25, 0.3) is 0 Å². The number of nitrogens with zero attached hydrogens (tertiary/aromatic N) is 2. The van der Waals surface area contributed by atoms with Crippen molar-refractivity contribution >= 4 is 11.5 Å². The molecule has 1 aromatic carbocycles. The van der Waals surface area contributed by atoms with Crippen molar-refractivity contribution in [1.82, 2.24) is 0 Å². The number of anilines is 1. The van der Waals surface area contributed by atoms with Crippen LogP contribution in [0.4, 0.5) is 5.69 Å². The Hall–Kier alpha value is -1.71. The van der Waals surface area contributed by atoms with Gasteiger partial charge in [-0.1, -0.05) is 31.1 Å². The topological polar surface area (TPSA) is 61.8 Å². The molecular formula is C13H21N3O. The van der Waals surface area contributed by atoms with Crippen molar-refractivity contribution in [3.05, 3.63) is 29.8 Å². The Kier molecular flexibility index (Phi) is 4.82. The number of oxime groups is 1. The van der Waals surface area contributed by atoms with E-state index in [2.05, 4.69) is 31.0 Å². The van der Waals surface area contributed by atoms with Gasteiger partial charge in [0, 0.05) is 24.3 Å². The van der Waals surface area contributed by atoms with Gasteiger partial charge in [-0.05, 0) is 25.0 Å². The van der Waals surface area contributed by atoms with Crippen molar-refractivity contribution in [1.29, 1.82) is 0 Å². The van der Waals surface area contributed by atoms with Gasteiger partial charge < -0.3 is 15.8 Å². The molecule has 4 heteroatoms. The van der Waals surface area contributed by atoms with Gasteiger partial charge in [-0.15, -0.1) is 0 Å². The summed E-state index contributed by atoms with van der Waals surface area (Å²) in [6.45, 7) is 4.36. The van der Waals surface area contributed by atoms with Crippen molar-refractivity contribution in [3.8, 4) is 0 Å². The van der Waals surface area contributed by atoms with Gasteiger partial charge in [0.1, 0.15) is 0 Å². The van der Waals surface area contributed by atoms with E-state index in [1.54, 1.807) is 0 Å². The Morgan fingerprint density at radius 1 is 1.41 bits per heavy atom. The molecule has 0 aliphatic carbocycles. The van der Waals surface area contributed by atoms with E-state index >= 15 is 0 Å². The van der Waals surface area contributed by atoms with Crippen molar-refractivity contribution in [2.24, 2.45) is 10.9 Å². The molecule has 0 aromatic heterocycles. The summed E-state index contributed by atoms with van der Waals surface area (Å²) in [6, 6.07) is 8.23. The van der Waals surface area contributed by atoms with Crippen LogP contribution in [0.5, 0.6) is 0 Å². The maximum atomic E-state index is 8.67. The average Bonchev–Trinajstić information content (AvgIpc) is 2.39. The molecule has 3 N–H and O–H groups in total. The van der Waals surface area contributed by atoms with Crippen LogP contribution in [0.2, 0.25) is 0 Å². The average molecular weight is 235 g/mol. The van der Waals surface area contributed by atoms with Crippen molar-refractivity contribution in [3.63, 3.8) is 0 Å².